The Hall–Kier alpha value is -1.55. The molecule has 20 heavy (non-hydrogen) atoms. The standard InChI is InChI=1S/C16H22N2O2/c1-11-5-6-13(12(10-11)16(19)20-2)17-14-7-9-18-8-3-4-15(14)18/h5-6,10,14-15,17H,3-4,7-9H2,1-2H3. The first-order valence-corrected chi connectivity index (χ1v) is 7.38. The summed E-state index contributed by atoms with van der Waals surface area (Å²) < 4.78 is 4.89. The van der Waals surface area contributed by atoms with Crippen LogP contribution in [-0.4, -0.2) is 43.2 Å². The van der Waals surface area contributed by atoms with Crippen LogP contribution in [0.1, 0.15) is 35.2 Å². The van der Waals surface area contributed by atoms with Gasteiger partial charge in [0.25, 0.3) is 0 Å². The summed E-state index contributed by atoms with van der Waals surface area (Å²) in [4.78, 5) is 14.5. The van der Waals surface area contributed by atoms with Crippen LogP contribution in [0.4, 0.5) is 5.69 Å². The van der Waals surface area contributed by atoms with Gasteiger partial charge in [0, 0.05) is 24.3 Å². The van der Waals surface area contributed by atoms with Crippen molar-refractivity contribution in [1.82, 2.24) is 4.90 Å². The Kier molecular flexibility index (Phi) is 3.66. The summed E-state index contributed by atoms with van der Waals surface area (Å²) in [7, 11) is 1.43. The maximum atomic E-state index is 11.9. The number of hydrogen-bond donors (Lipinski definition) is 1. The number of carbonyl (C=O) groups excluding carboxylic acids is 1. The molecule has 0 radical (unpaired) electrons. The van der Waals surface area contributed by atoms with Gasteiger partial charge in [0.05, 0.1) is 12.7 Å². The van der Waals surface area contributed by atoms with Crippen molar-refractivity contribution in [3.63, 3.8) is 0 Å². The van der Waals surface area contributed by atoms with Gasteiger partial charge in [-0.15, -0.1) is 0 Å². The first-order chi connectivity index (χ1) is 9.69. The van der Waals surface area contributed by atoms with E-state index in [0.29, 0.717) is 17.6 Å². The molecule has 2 aliphatic heterocycles. The number of aryl methyl sites for hydroxylation is 1. The van der Waals surface area contributed by atoms with E-state index in [1.807, 2.05) is 25.1 Å². The lowest BCUT2D eigenvalue weighted by atomic mass is 10.0. The molecule has 4 nitrogen and oxygen atoms in total. The Labute approximate surface area is 120 Å². The van der Waals surface area contributed by atoms with Crippen molar-refractivity contribution in [2.75, 3.05) is 25.5 Å². The molecule has 2 aliphatic rings. The van der Waals surface area contributed by atoms with E-state index in [1.165, 1.54) is 33.0 Å². The van der Waals surface area contributed by atoms with Gasteiger partial charge in [0.2, 0.25) is 0 Å². The van der Waals surface area contributed by atoms with Crippen LogP contribution in [0.5, 0.6) is 0 Å². The molecule has 4 heteroatoms. The van der Waals surface area contributed by atoms with Gasteiger partial charge in [0.15, 0.2) is 0 Å². The highest BCUT2D eigenvalue weighted by molar-refractivity contribution is 5.95. The number of hydrogen-bond acceptors (Lipinski definition) is 4. The van der Waals surface area contributed by atoms with Crippen LogP contribution in [0.2, 0.25) is 0 Å². The molecule has 0 aliphatic carbocycles. The van der Waals surface area contributed by atoms with Gasteiger partial charge in [-0.05, 0) is 44.9 Å². The van der Waals surface area contributed by atoms with Crippen molar-refractivity contribution in [2.45, 2.75) is 38.3 Å². The summed E-state index contributed by atoms with van der Waals surface area (Å²) >= 11 is 0. The van der Waals surface area contributed by atoms with Crippen LogP contribution in [0, 0.1) is 6.92 Å². The summed E-state index contributed by atoms with van der Waals surface area (Å²) in [5, 5.41) is 3.58. The predicted octanol–water partition coefficient (Wildman–Crippen LogP) is 2.43. The monoisotopic (exact) mass is 274 g/mol. The van der Waals surface area contributed by atoms with E-state index in [4.69, 9.17) is 4.74 Å². The molecule has 1 N–H and O–H groups in total. The zero-order valence-corrected chi connectivity index (χ0v) is 12.2. The lowest BCUT2D eigenvalue weighted by Gasteiger charge is -2.23. The molecule has 0 bridgehead atoms. The molecular weight excluding hydrogens is 252 g/mol. The van der Waals surface area contributed by atoms with Crippen LogP contribution in [0.3, 0.4) is 0 Å². The molecule has 2 fully saturated rings. The van der Waals surface area contributed by atoms with E-state index in [0.717, 1.165) is 17.7 Å². The van der Waals surface area contributed by atoms with Crippen molar-refractivity contribution in [3.8, 4) is 0 Å². The molecular formula is C16H22N2O2. The second-order valence-corrected chi connectivity index (χ2v) is 5.83. The highest BCUT2D eigenvalue weighted by atomic mass is 16.5. The van der Waals surface area contributed by atoms with Crippen molar-refractivity contribution in [1.29, 1.82) is 0 Å². The summed E-state index contributed by atoms with van der Waals surface area (Å²) in [6.45, 7) is 4.38. The average Bonchev–Trinajstić information content (AvgIpc) is 3.04. The third-order valence-electron chi connectivity index (χ3n) is 4.53. The van der Waals surface area contributed by atoms with Crippen LogP contribution in [-0.2, 0) is 4.74 Å². The topological polar surface area (TPSA) is 41.6 Å². The quantitative estimate of drug-likeness (QED) is 0.860. The minimum atomic E-state index is -0.266. The van der Waals surface area contributed by atoms with Crippen LogP contribution in [0.25, 0.3) is 0 Å². The Balaban J connectivity index is 1.82. The number of anilines is 1. The average molecular weight is 274 g/mol. The Morgan fingerprint density at radius 1 is 1.35 bits per heavy atom. The molecule has 0 saturated carbocycles. The maximum absolute atomic E-state index is 11.9. The van der Waals surface area contributed by atoms with Crippen LogP contribution < -0.4 is 5.32 Å². The molecule has 0 aromatic heterocycles. The second kappa shape index (κ2) is 5.44. The Morgan fingerprint density at radius 2 is 2.20 bits per heavy atom. The predicted molar refractivity (Wildman–Crippen MR) is 79.1 cm³/mol. The summed E-state index contributed by atoms with van der Waals surface area (Å²) in [5.74, 6) is -0.266. The SMILES string of the molecule is COC(=O)c1cc(C)ccc1NC1CCN2CCCC12. The summed E-state index contributed by atoms with van der Waals surface area (Å²) in [6, 6.07) is 7.01. The molecule has 2 unspecified atom stereocenters. The molecule has 108 valence electrons. The van der Waals surface area contributed by atoms with Gasteiger partial charge in [0.1, 0.15) is 0 Å². The fourth-order valence-electron chi connectivity index (χ4n) is 3.51. The van der Waals surface area contributed by atoms with Gasteiger partial charge in [-0.2, -0.15) is 0 Å². The second-order valence-electron chi connectivity index (χ2n) is 5.83. The van der Waals surface area contributed by atoms with Crippen molar-refractivity contribution < 1.29 is 9.53 Å². The molecule has 1 aromatic rings. The number of carbonyl (C=O) groups is 1. The Bertz CT molecular complexity index is 515. The van der Waals surface area contributed by atoms with Gasteiger partial charge in [-0.3, -0.25) is 4.90 Å². The molecule has 0 amide bonds. The van der Waals surface area contributed by atoms with E-state index in [2.05, 4.69) is 10.2 Å². The van der Waals surface area contributed by atoms with Gasteiger partial charge in [-0.1, -0.05) is 11.6 Å². The number of nitrogens with zero attached hydrogens (tertiary/aromatic N) is 1. The number of fused-ring (bicyclic) bond motifs is 1. The maximum Gasteiger partial charge on any atom is 0.339 e. The van der Waals surface area contributed by atoms with E-state index in [-0.39, 0.29) is 5.97 Å². The van der Waals surface area contributed by atoms with E-state index >= 15 is 0 Å². The normalized spacial score (nSPS) is 25.5. The fourth-order valence-corrected chi connectivity index (χ4v) is 3.51. The summed E-state index contributed by atoms with van der Waals surface area (Å²) in [5.41, 5.74) is 2.62. The molecule has 3 rings (SSSR count). The molecule has 2 heterocycles. The smallest absolute Gasteiger partial charge is 0.339 e. The lowest BCUT2D eigenvalue weighted by Crippen LogP contribution is -2.34. The van der Waals surface area contributed by atoms with E-state index < -0.39 is 0 Å². The van der Waals surface area contributed by atoms with Crippen LogP contribution in [0.15, 0.2) is 18.2 Å². The number of rotatable bonds is 3. The van der Waals surface area contributed by atoms with E-state index in [9.17, 15) is 4.79 Å². The van der Waals surface area contributed by atoms with Crippen molar-refractivity contribution >= 4 is 11.7 Å². The third kappa shape index (κ3) is 2.40. The zero-order valence-electron chi connectivity index (χ0n) is 12.2. The zero-order chi connectivity index (χ0) is 14.1. The van der Waals surface area contributed by atoms with Crippen molar-refractivity contribution in [2.24, 2.45) is 0 Å². The summed E-state index contributed by atoms with van der Waals surface area (Å²) in [6.07, 6.45) is 3.71. The first-order valence-electron chi connectivity index (χ1n) is 7.38. The minimum absolute atomic E-state index is 0.266. The van der Waals surface area contributed by atoms with Crippen LogP contribution >= 0.6 is 0 Å². The first kappa shape index (κ1) is 13.4. The molecule has 1 aromatic carbocycles. The minimum Gasteiger partial charge on any atom is -0.465 e. The number of nitrogens with one attached hydrogen (secondary N) is 1. The number of esters is 1. The highest BCUT2D eigenvalue weighted by Crippen LogP contribution is 2.31. The molecule has 2 atom stereocenters. The Morgan fingerprint density at radius 3 is 3.00 bits per heavy atom. The van der Waals surface area contributed by atoms with E-state index in [1.54, 1.807) is 0 Å². The lowest BCUT2D eigenvalue weighted by molar-refractivity contribution is 0.0601. The number of methoxy groups -OCH3 is 1. The molecule has 0 spiro atoms. The molecule has 2 saturated heterocycles. The highest BCUT2D eigenvalue weighted by Gasteiger charge is 2.37. The number of benzene rings is 1. The van der Waals surface area contributed by atoms with Crippen molar-refractivity contribution in [3.05, 3.63) is 29.3 Å². The largest absolute Gasteiger partial charge is 0.465 e. The van der Waals surface area contributed by atoms with Gasteiger partial charge >= 0.3 is 5.97 Å². The van der Waals surface area contributed by atoms with Gasteiger partial charge in [-0.25, -0.2) is 4.79 Å². The fraction of sp³-hybridized carbons (Fsp3) is 0.562. The third-order valence-corrected chi connectivity index (χ3v) is 4.53. The van der Waals surface area contributed by atoms with Gasteiger partial charge < -0.3 is 10.1 Å². The number of ether oxygens (including phenoxy) is 1.